The van der Waals surface area contributed by atoms with Crippen molar-refractivity contribution in [2.24, 2.45) is 5.73 Å². The van der Waals surface area contributed by atoms with Crippen molar-refractivity contribution in [3.05, 3.63) is 59.8 Å². The number of fused-ring (bicyclic) bond motifs is 1. The van der Waals surface area contributed by atoms with Gasteiger partial charge in [-0.3, -0.25) is 9.89 Å². The first-order chi connectivity index (χ1) is 16.2. The Hall–Kier alpha value is -3.21. The molecule has 1 aliphatic heterocycles. The van der Waals surface area contributed by atoms with E-state index < -0.39 is 5.57 Å². The summed E-state index contributed by atoms with van der Waals surface area (Å²) in [4.78, 5) is 15.3. The highest BCUT2D eigenvalue weighted by Crippen LogP contribution is 2.42. The van der Waals surface area contributed by atoms with E-state index in [4.69, 9.17) is 17.3 Å². The molecule has 3 aromatic rings. The number of anilines is 2. The lowest BCUT2D eigenvalue weighted by Gasteiger charge is -2.32. The van der Waals surface area contributed by atoms with E-state index >= 15 is 0 Å². The zero-order valence-electron chi connectivity index (χ0n) is 18.6. The molecule has 34 heavy (non-hydrogen) atoms. The molecule has 2 atom stereocenters. The van der Waals surface area contributed by atoms with Crippen molar-refractivity contribution in [2.45, 2.75) is 31.1 Å². The van der Waals surface area contributed by atoms with Gasteiger partial charge in [0.25, 0.3) is 5.91 Å². The summed E-state index contributed by atoms with van der Waals surface area (Å²) in [6.45, 7) is 2.67. The molecule has 11 heteroatoms. The minimum Gasteiger partial charge on any atom is -0.420 e. The van der Waals surface area contributed by atoms with Crippen molar-refractivity contribution in [1.82, 2.24) is 15.5 Å². The summed E-state index contributed by atoms with van der Waals surface area (Å²) < 4.78 is 29.9. The highest BCUT2D eigenvalue weighted by molar-refractivity contribution is 6.20. The fourth-order valence-corrected chi connectivity index (χ4v) is 4.41. The Morgan fingerprint density at radius 3 is 2.68 bits per heavy atom. The Balaban J connectivity index is 1.65. The molecule has 0 radical (unpaired) electrons. The van der Waals surface area contributed by atoms with Gasteiger partial charge in [-0.25, -0.2) is 0 Å². The predicted molar refractivity (Wildman–Crippen MR) is 127 cm³/mol. The maximum absolute atomic E-state index is 13.1. The summed E-state index contributed by atoms with van der Waals surface area (Å²) >= 11 is 4.79. The van der Waals surface area contributed by atoms with Crippen molar-refractivity contribution in [3.63, 3.8) is 0 Å². The molecule has 0 saturated carbocycles. The monoisotopic (exact) mass is 490 g/mol. The van der Waals surface area contributed by atoms with Gasteiger partial charge in [-0.05, 0) is 68.4 Å². The molecule has 1 amide bonds. The number of carbonyl (C=O) groups is 1. The molecule has 2 heterocycles. The van der Waals surface area contributed by atoms with Gasteiger partial charge in [-0.2, -0.15) is 5.10 Å². The maximum Gasteiger partial charge on any atom is 0.487 e. The SMILES string of the molecule is CNCC1Cc2cc(C(=O)Nc3ccc(OC(F)(F)Cl)cc3)cc(-c3ccn[nH]3)c2N1C(C)N. The number of hydrogen-bond acceptors (Lipinski definition) is 6. The van der Waals surface area contributed by atoms with E-state index in [1.807, 2.05) is 26.1 Å². The number of hydrogen-bond donors (Lipinski definition) is 4. The van der Waals surface area contributed by atoms with Crippen LogP contribution in [0.2, 0.25) is 0 Å². The summed E-state index contributed by atoms with van der Waals surface area (Å²) in [6.07, 6.45) is 2.14. The van der Waals surface area contributed by atoms with Crippen LogP contribution in [0.15, 0.2) is 48.7 Å². The Labute approximate surface area is 200 Å². The van der Waals surface area contributed by atoms with Crippen LogP contribution in [0.5, 0.6) is 5.75 Å². The van der Waals surface area contributed by atoms with Gasteiger partial charge in [0.2, 0.25) is 0 Å². The molecular formula is C23H25ClF2N6O2. The standard InChI is InChI=1S/C23H25ClF2N6O2/c1-13(27)32-17(12-28-2)10-14-9-15(11-19(21(14)32)20-7-8-29-31-20)22(33)30-16-3-5-18(6-4-16)34-23(24,25)26/h3-9,11,13,17,28H,10,12,27H2,1-2H3,(H,29,31)(H,30,33). The third-order valence-corrected chi connectivity index (χ3v) is 5.65. The Morgan fingerprint density at radius 1 is 1.35 bits per heavy atom. The molecule has 0 saturated heterocycles. The number of nitrogens with two attached hydrogens (primary N) is 1. The minimum atomic E-state index is -3.81. The number of H-pyrrole nitrogens is 1. The van der Waals surface area contributed by atoms with Crippen molar-refractivity contribution in [3.8, 4) is 17.0 Å². The molecule has 0 bridgehead atoms. The van der Waals surface area contributed by atoms with Crippen molar-refractivity contribution < 1.29 is 18.3 Å². The van der Waals surface area contributed by atoms with Gasteiger partial charge in [-0.1, -0.05) is 0 Å². The van der Waals surface area contributed by atoms with Crippen molar-refractivity contribution in [1.29, 1.82) is 0 Å². The van der Waals surface area contributed by atoms with Crippen molar-refractivity contribution >= 4 is 28.9 Å². The summed E-state index contributed by atoms with van der Waals surface area (Å²) in [6, 6.07) is 11.1. The van der Waals surface area contributed by atoms with Gasteiger partial charge in [0.05, 0.1) is 17.5 Å². The van der Waals surface area contributed by atoms with Gasteiger partial charge >= 0.3 is 5.57 Å². The van der Waals surface area contributed by atoms with Crippen LogP contribution in [0.25, 0.3) is 11.3 Å². The number of amides is 1. The van der Waals surface area contributed by atoms with Gasteiger partial charge in [-0.15, -0.1) is 8.78 Å². The molecule has 0 spiro atoms. The molecule has 8 nitrogen and oxygen atoms in total. The predicted octanol–water partition coefficient (Wildman–Crippen LogP) is 3.75. The first-order valence-corrected chi connectivity index (χ1v) is 11.1. The van der Waals surface area contributed by atoms with Crippen LogP contribution in [0.1, 0.15) is 22.8 Å². The molecule has 180 valence electrons. The lowest BCUT2D eigenvalue weighted by molar-refractivity contribution is -0.0964. The second-order valence-electron chi connectivity index (χ2n) is 8.09. The third-order valence-electron chi connectivity index (χ3n) is 5.57. The van der Waals surface area contributed by atoms with Crippen LogP contribution in [-0.2, 0) is 6.42 Å². The van der Waals surface area contributed by atoms with Crippen molar-refractivity contribution in [2.75, 3.05) is 23.8 Å². The lowest BCUT2D eigenvalue weighted by atomic mass is 9.99. The fourth-order valence-electron chi connectivity index (χ4n) is 4.32. The summed E-state index contributed by atoms with van der Waals surface area (Å²) in [7, 11) is 1.89. The summed E-state index contributed by atoms with van der Waals surface area (Å²) in [5.74, 6) is -0.465. The smallest absolute Gasteiger partial charge is 0.420 e. The lowest BCUT2D eigenvalue weighted by Crippen LogP contribution is -2.48. The van der Waals surface area contributed by atoms with Gasteiger partial charge < -0.3 is 26.0 Å². The van der Waals surface area contributed by atoms with Crippen LogP contribution >= 0.6 is 11.6 Å². The zero-order valence-corrected chi connectivity index (χ0v) is 19.4. The molecule has 0 aliphatic carbocycles. The normalized spacial score (nSPS) is 16.3. The summed E-state index contributed by atoms with van der Waals surface area (Å²) in [5.41, 5.74) is 6.96. The van der Waals surface area contributed by atoms with Gasteiger partial charge in [0.15, 0.2) is 0 Å². The molecule has 2 unspecified atom stereocenters. The average Bonchev–Trinajstić information content (AvgIpc) is 3.41. The summed E-state index contributed by atoms with van der Waals surface area (Å²) in [5, 5.41) is 13.0. The van der Waals surface area contributed by atoms with E-state index in [2.05, 4.69) is 30.5 Å². The minimum absolute atomic E-state index is 0.122. The number of rotatable bonds is 8. The highest BCUT2D eigenvalue weighted by atomic mass is 35.5. The quantitative estimate of drug-likeness (QED) is 0.358. The molecule has 1 aromatic heterocycles. The van der Waals surface area contributed by atoms with Gasteiger partial charge in [0, 0.05) is 47.2 Å². The molecule has 1 aliphatic rings. The number of aromatic amines is 1. The number of aromatic nitrogens is 2. The number of alkyl halides is 3. The second kappa shape index (κ2) is 9.57. The van der Waals surface area contributed by atoms with Crippen LogP contribution < -0.4 is 26.0 Å². The van der Waals surface area contributed by atoms with Gasteiger partial charge in [0.1, 0.15) is 5.75 Å². The zero-order chi connectivity index (χ0) is 24.5. The number of benzene rings is 2. The van der Waals surface area contributed by atoms with E-state index in [9.17, 15) is 13.6 Å². The largest absolute Gasteiger partial charge is 0.487 e. The molecule has 4 rings (SSSR count). The highest BCUT2D eigenvalue weighted by Gasteiger charge is 2.34. The van der Waals surface area contributed by atoms with Crippen LogP contribution in [0.3, 0.4) is 0 Å². The molecule has 5 N–H and O–H groups in total. The maximum atomic E-state index is 13.1. The number of carbonyl (C=O) groups excluding carboxylic acids is 1. The first-order valence-electron chi connectivity index (χ1n) is 10.7. The molecular weight excluding hydrogens is 466 g/mol. The average molecular weight is 491 g/mol. The molecule has 2 aromatic carbocycles. The van der Waals surface area contributed by atoms with E-state index in [0.717, 1.165) is 35.5 Å². The Morgan fingerprint density at radius 2 is 2.09 bits per heavy atom. The first kappa shape index (κ1) is 23.9. The number of ether oxygens (including phenoxy) is 1. The number of nitrogens with zero attached hydrogens (tertiary/aromatic N) is 2. The Kier molecular flexibility index (Phi) is 6.74. The fraction of sp³-hybridized carbons (Fsp3) is 0.304. The number of likely N-dealkylation sites (N-methyl/N-ethyl adjacent to an activating group) is 1. The Bertz CT molecular complexity index is 1150. The van der Waals surface area contributed by atoms with Crippen LogP contribution in [0.4, 0.5) is 20.2 Å². The van der Waals surface area contributed by atoms with E-state index in [1.165, 1.54) is 24.3 Å². The third kappa shape index (κ3) is 5.14. The van der Waals surface area contributed by atoms with E-state index in [1.54, 1.807) is 12.3 Å². The van der Waals surface area contributed by atoms with E-state index in [-0.39, 0.29) is 23.9 Å². The number of halogens is 3. The molecule has 0 fully saturated rings. The van der Waals surface area contributed by atoms with Crippen LogP contribution in [0, 0.1) is 0 Å². The topological polar surface area (TPSA) is 108 Å². The second-order valence-corrected chi connectivity index (χ2v) is 8.53. The van der Waals surface area contributed by atoms with E-state index in [0.29, 0.717) is 11.3 Å². The van der Waals surface area contributed by atoms with Crippen LogP contribution in [-0.4, -0.2) is 47.5 Å². The number of nitrogens with one attached hydrogen (secondary N) is 3.